The Labute approximate surface area is 120 Å². The van der Waals surface area contributed by atoms with Gasteiger partial charge in [-0.05, 0) is 31.5 Å². The summed E-state index contributed by atoms with van der Waals surface area (Å²) in [5.41, 5.74) is -1.06. The molecule has 118 valence electrons. The normalized spacial score (nSPS) is 25.5. The SMILES string of the molecule is CCOC1CC(Nc2cc(C(F)(F)F)ccc2F)C1OC. The fourth-order valence-corrected chi connectivity index (χ4v) is 2.43. The molecule has 0 heterocycles. The van der Waals surface area contributed by atoms with Crippen LogP contribution in [0.15, 0.2) is 18.2 Å². The molecular weight excluding hydrogens is 290 g/mol. The summed E-state index contributed by atoms with van der Waals surface area (Å²) in [6.45, 7) is 2.37. The van der Waals surface area contributed by atoms with Crippen LogP contribution in [0.4, 0.5) is 23.2 Å². The van der Waals surface area contributed by atoms with E-state index in [-0.39, 0.29) is 23.9 Å². The Morgan fingerprint density at radius 3 is 2.62 bits per heavy atom. The van der Waals surface area contributed by atoms with Gasteiger partial charge in [0.1, 0.15) is 11.9 Å². The molecule has 0 saturated heterocycles. The van der Waals surface area contributed by atoms with Gasteiger partial charge in [0.2, 0.25) is 0 Å². The molecule has 1 N–H and O–H groups in total. The Hall–Kier alpha value is -1.34. The molecule has 0 radical (unpaired) electrons. The van der Waals surface area contributed by atoms with Crippen LogP contribution in [-0.4, -0.2) is 32.0 Å². The zero-order valence-electron chi connectivity index (χ0n) is 11.7. The average molecular weight is 307 g/mol. The maximum atomic E-state index is 13.7. The fourth-order valence-electron chi connectivity index (χ4n) is 2.43. The van der Waals surface area contributed by atoms with Crippen molar-refractivity contribution in [2.45, 2.75) is 37.8 Å². The minimum absolute atomic E-state index is 0.119. The van der Waals surface area contributed by atoms with E-state index in [0.29, 0.717) is 13.0 Å². The molecule has 0 spiro atoms. The lowest BCUT2D eigenvalue weighted by Crippen LogP contribution is -2.56. The molecule has 0 bridgehead atoms. The molecule has 1 aliphatic rings. The summed E-state index contributed by atoms with van der Waals surface area (Å²) >= 11 is 0. The molecule has 0 aromatic heterocycles. The fraction of sp³-hybridized carbons (Fsp3) is 0.571. The highest BCUT2D eigenvalue weighted by molar-refractivity contribution is 5.49. The first-order valence-corrected chi connectivity index (χ1v) is 6.64. The topological polar surface area (TPSA) is 30.5 Å². The molecular formula is C14H17F4NO2. The van der Waals surface area contributed by atoms with E-state index in [1.807, 2.05) is 6.92 Å². The van der Waals surface area contributed by atoms with Crippen molar-refractivity contribution in [3.8, 4) is 0 Å². The molecule has 0 aliphatic heterocycles. The van der Waals surface area contributed by atoms with Crippen LogP contribution in [0.3, 0.4) is 0 Å². The third-order valence-corrected chi connectivity index (χ3v) is 3.54. The van der Waals surface area contributed by atoms with Crippen molar-refractivity contribution in [1.29, 1.82) is 0 Å². The van der Waals surface area contributed by atoms with E-state index in [0.717, 1.165) is 18.2 Å². The Balaban J connectivity index is 2.10. The van der Waals surface area contributed by atoms with Crippen LogP contribution in [0.1, 0.15) is 18.9 Å². The molecule has 1 aromatic rings. The van der Waals surface area contributed by atoms with Crippen molar-refractivity contribution in [2.24, 2.45) is 0 Å². The summed E-state index contributed by atoms with van der Waals surface area (Å²) in [5.74, 6) is -0.724. The number of alkyl halides is 3. The summed E-state index contributed by atoms with van der Waals surface area (Å²) in [5, 5.41) is 2.77. The monoisotopic (exact) mass is 307 g/mol. The van der Waals surface area contributed by atoms with Crippen LogP contribution in [0, 0.1) is 5.82 Å². The van der Waals surface area contributed by atoms with Gasteiger partial charge in [-0.15, -0.1) is 0 Å². The van der Waals surface area contributed by atoms with Crippen LogP contribution < -0.4 is 5.32 Å². The van der Waals surface area contributed by atoms with Crippen molar-refractivity contribution < 1.29 is 27.0 Å². The maximum Gasteiger partial charge on any atom is 0.416 e. The predicted octanol–water partition coefficient (Wildman–Crippen LogP) is 3.45. The number of hydrogen-bond acceptors (Lipinski definition) is 3. The Bertz CT molecular complexity index is 492. The van der Waals surface area contributed by atoms with Gasteiger partial charge in [-0.2, -0.15) is 13.2 Å². The highest BCUT2D eigenvalue weighted by Crippen LogP contribution is 2.34. The summed E-state index contributed by atoms with van der Waals surface area (Å²) < 4.78 is 62.2. The van der Waals surface area contributed by atoms with Crippen molar-refractivity contribution in [3.63, 3.8) is 0 Å². The largest absolute Gasteiger partial charge is 0.416 e. The standard InChI is InChI=1S/C14H17F4NO2/c1-3-21-12-7-11(13(12)20-2)19-10-6-8(14(16,17)18)4-5-9(10)15/h4-6,11-13,19H,3,7H2,1-2H3. The van der Waals surface area contributed by atoms with E-state index in [9.17, 15) is 17.6 Å². The number of halogens is 4. The van der Waals surface area contributed by atoms with Gasteiger partial charge in [0.05, 0.1) is 23.4 Å². The molecule has 1 fully saturated rings. The lowest BCUT2D eigenvalue weighted by molar-refractivity contribution is -0.137. The molecule has 7 heteroatoms. The molecule has 1 aliphatic carbocycles. The van der Waals surface area contributed by atoms with Gasteiger partial charge < -0.3 is 14.8 Å². The zero-order chi connectivity index (χ0) is 15.6. The van der Waals surface area contributed by atoms with Crippen molar-refractivity contribution >= 4 is 5.69 Å². The maximum absolute atomic E-state index is 13.7. The van der Waals surface area contributed by atoms with Gasteiger partial charge in [-0.1, -0.05) is 0 Å². The van der Waals surface area contributed by atoms with Crippen LogP contribution >= 0.6 is 0 Å². The van der Waals surface area contributed by atoms with Crippen molar-refractivity contribution in [2.75, 3.05) is 19.0 Å². The number of ether oxygens (including phenoxy) is 2. The quantitative estimate of drug-likeness (QED) is 0.845. The third-order valence-electron chi connectivity index (χ3n) is 3.54. The minimum atomic E-state index is -4.50. The zero-order valence-corrected chi connectivity index (χ0v) is 11.7. The van der Waals surface area contributed by atoms with Crippen LogP contribution in [0.2, 0.25) is 0 Å². The van der Waals surface area contributed by atoms with Crippen LogP contribution in [0.5, 0.6) is 0 Å². The second-order valence-corrected chi connectivity index (χ2v) is 4.87. The van der Waals surface area contributed by atoms with E-state index in [2.05, 4.69) is 5.32 Å². The molecule has 0 amide bonds. The molecule has 21 heavy (non-hydrogen) atoms. The highest BCUT2D eigenvalue weighted by Gasteiger charge is 2.42. The minimum Gasteiger partial charge on any atom is -0.377 e. The number of hydrogen-bond donors (Lipinski definition) is 1. The molecule has 3 unspecified atom stereocenters. The van der Waals surface area contributed by atoms with Gasteiger partial charge in [0, 0.05) is 13.7 Å². The van der Waals surface area contributed by atoms with Gasteiger partial charge in [0.25, 0.3) is 0 Å². The number of anilines is 1. The summed E-state index contributed by atoms with van der Waals surface area (Å²) in [6.07, 6.45) is -4.37. The van der Waals surface area contributed by atoms with Gasteiger partial charge in [-0.3, -0.25) is 0 Å². The Morgan fingerprint density at radius 2 is 2.05 bits per heavy atom. The first-order valence-electron chi connectivity index (χ1n) is 6.64. The smallest absolute Gasteiger partial charge is 0.377 e. The van der Waals surface area contributed by atoms with Gasteiger partial charge in [-0.25, -0.2) is 4.39 Å². The van der Waals surface area contributed by atoms with Gasteiger partial charge in [0.15, 0.2) is 0 Å². The van der Waals surface area contributed by atoms with E-state index in [1.165, 1.54) is 7.11 Å². The van der Waals surface area contributed by atoms with E-state index < -0.39 is 17.6 Å². The van der Waals surface area contributed by atoms with E-state index >= 15 is 0 Å². The lowest BCUT2D eigenvalue weighted by atomic mass is 9.85. The van der Waals surface area contributed by atoms with Crippen molar-refractivity contribution in [3.05, 3.63) is 29.6 Å². The predicted molar refractivity (Wildman–Crippen MR) is 69.6 cm³/mol. The molecule has 1 saturated carbocycles. The second-order valence-electron chi connectivity index (χ2n) is 4.87. The van der Waals surface area contributed by atoms with Gasteiger partial charge >= 0.3 is 6.18 Å². The van der Waals surface area contributed by atoms with E-state index in [1.54, 1.807) is 0 Å². The molecule has 1 aromatic carbocycles. The van der Waals surface area contributed by atoms with E-state index in [4.69, 9.17) is 9.47 Å². The number of methoxy groups -OCH3 is 1. The van der Waals surface area contributed by atoms with Crippen molar-refractivity contribution in [1.82, 2.24) is 0 Å². The lowest BCUT2D eigenvalue weighted by Gasteiger charge is -2.43. The van der Waals surface area contributed by atoms with Crippen LogP contribution in [0.25, 0.3) is 0 Å². The first kappa shape index (κ1) is 16.0. The van der Waals surface area contributed by atoms with Crippen LogP contribution in [-0.2, 0) is 15.7 Å². The Morgan fingerprint density at radius 1 is 1.33 bits per heavy atom. The molecule has 3 atom stereocenters. The third kappa shape index (κ3) is 3.47. The number of benzene rings is 1. The highest BCUT2D eigenvalue weighted by atomic mass is 19.4. The summed E-state index contributed by atoms with van der Waals surface area (Å²) in [4.78, 5) is 0. The molecule has 2 rings (SSSR count). The Kier molecular flexibility index (Phi) is 4.73. The first-order chi connectivity index (χ1) is 9.86. The molecule has 3 nitrogen and oxygen atoms in total. The number of nitrogens with one attached hydrogen (secondary N) is 1. The average Bonchev–Trinajstić information content (AvgIpc) is 2.38. The number of rotatable bonds is 5. The second kappa shape index (κ2) is 6.19. The summed E-state index contributed by atoms with van der Waals surface area (Å²) in [7, 11) is 1.49. The summed E-state index contributed by atoms with van der Waals surface area (Å²) in [6, 6.07) is 2.03.